The number of phenols is 1. The molecular weight excluding hydrogens is 248 g/mol. The lowest BCUT2D eigenvalue weighted by Crippen LogP contribution is -2.17. The van der Waals surface area contributed by atoms with Gasteiger partial charge in [0.2, 0.25) is 0 Å². The van der Waals surface area contributed by atoms with Crippen molar-refractivity contribution in [3.05, 3.63) is 54.1 Å². The van der Waals surface area contributed by atoms with Crippen molar-refractivity contribution < 1.29 is 5.11 Å². The number of hydrogen-bond donors (Lipinski definition) is 1. The monoisotopic (exact) mass is 266 g/mol. The van der Waals surface area contributed by atoms with E-state index in [4.69, 9.17) is 0 Å². The number of aliphatic imine (C=N–C) groups is 1. The molecule has 2 aromatic carbocycles. The van der Waals surface area contributed by atoms with Crippen LogP contribution in [0.5, 0.6) is 5.75 Å². The van der Waals surface area contributed by atoms with Gasteiger partial charge in [-0.05, 0) is 54.8 Å². The van der Waals surface area contributed by atoms with Gasteiger partial charge >= 0.3 is 0 Å². The fraction of sp³-hybridized carbons (Fsp3) is 0.235. The summed E-state index contributed by atoms with van der Waals surface area (Å²) in [6.07, 6.45) is 4.44. The molecule has 1 aliphatic rings. The van der Waals surface area contributed by atoms with Crippen molar-refractivity contribution in [1.82, 2.24) is 0 Å². The Morgan fingerprint density at radius 2 is 1.55 bits per heavy atom. The molecule has 0 atom stereocenters. The predicted octanol–water partition coefficient (Wildman–Crippen LogP) is 3.74. The Labute approximate surface area is 119 Å². The number of rotatable bonds is 3. The van der Waals surface area contributed by atoms with Crippen LogP contribution in [0.3, 0.4) is 0 Å². The normalized spacial score (nSPS) is 15.1. The van der Waals surface area contributed by atoms with E-state index in [2.05, 4.69) is 34.2 Å². The summed E-state index contributed by atoms with van der Waals surface area (Å²) in [5.41, 5.74) is 3.22. The van der Waals surface area contributed by atoms with E-state index < -0.39 is 0 Å². The molecule has 3 heteroatoms. The summed E-state index contributed by atoms with van der Waals surface area (Å²) in [5, 5.41) is 9.22. The molecule has 0 saturated carbocycles. The molecule has 0 unspecified atom stereocenters. The number of benzene rings is 2. The van der Waals surface area contributed by atoms with Gasteiger partial charge in [-0.2, -0.15) is 0 Å². The van der Waals surface area contributed by atoms with Crippen LogP contribution in [0.1, 0.15) is 18.4 Å². The lowest BCUT2D eigenvalue weighted by atomic mass is 10.2. The molecule has 1 N–H and O–H groups in total. The van der Waals surface area contributed by atoms with Crippen LogP contribution in [-0.2, 0) is 0 Å². The van der Waals surface area contributed by atoms with Gasteiger partial charge in [0, 0.05) is 25.0 Å². The van der Waals surface area contributed by atoms with E-state index in [1.165, 1.54) is 31.6 Å². The molecule has 0 bridgehead atoms. The first-order valence-corrected chi connectivity index (χ1v) is 6.99. The van der Waals surface area contributed by atoms with Crippen molar-refractivity contribution in [1.29, 1.82) is 0 Å². The van der Waals surface area contributed by atoms with E-state index in [0.717, 1.165) is 11.3 Å². The topological polar surface area (TPSA) is 35.8 Å². The van der Waals surface area contributed by atoms with Crippen LogP contribution in [-0.4, -0.2) is 24.4 Å². The highest BCUT2D eigenvalue weighted by Crippen LogP contribution is 2.20. The van der Waals surface area contributed by atoms with Crippen LogP contribution >= 0.6 is 0 Å². The number of nitrogens with zero attached hydrogens (tertiary/aromatic N) is 2. The molecule has 0 aromatic heterocycles. The summed E-state index contributed by atoms with van der Waals surface area (Å²) in [4.78, 5) is 6.81. The van der Waals surface area contributed by atoms with Crippen LogP contribution < -0.4 is 4.90 Å². The van der Waals surface area contributed by atoms with Crippen LogP contribution in [0.15, 0.2) is 53.5 Å². The Bertz CT molecular complexity index is 581. The Balaban J connectivity index is 1.69. The zero-order valence-electron chi connectivity index (χ0n) is 11.4. The van der Waals surface area contributed by atoms with Gasteiger partial charge in [0.1, 0.15) is 5.75 Å². The van der Waals surface area contributed by atoms with Gasteiger partial charge < -0.3 is 10.0 Å². The zero-order valence-corrected chi connectivity index (χ0v) is 11.4. The second-order valence-corrected chi connectivity index (χ2v) is 5.06. The molecule has 0 aliphatic carbocycles. The fourth-order valence-electron chi connectivity index (χ4n) is 2.43. The SMILES string of the molecule is Oc1ccc(N=Cc2ccc(N3CCCC3)cc2)cc1. The maximum absolute atomic E-state index is 9.22. The molecule has 3 nitrogen and oxygen atoms in total. The minimum absolute atomic E-state index is 0.263. The molecule has 1 aliphatic heterocycles. The number of phenolic OH excluding ortho intramolecular Hbond substituents is 1. The third-order valence-electron chi connectivity index (χ3n) is 3.58. The van der Waals surface area contributed by atoms with E-state index >= 15 is 0 Å². The van der Waals surface area contributed by atoms with E-state index in [0.29, 0.717) is 0 Å². The summed E-state index contributed by atoms with van der Waals surface area (Å²) in [6.45, 7) is 2.34. The summed E-state index contributed by atoms with van der Waals surface area (Å²) in [5.74, 6) is 0.263. The van der Waals surface area contributed by atoms with Gasteiger partial charge in [-0.25, -0.2) is 0 Å². The van der Waals surface area contributed by atoms with Crippen molar-refractivity contribution in [2.75, 3.05) is 18.0 Å². The highest BCUT2D eigenvalue weighted by molar-refractivity contribution is 5.82. The van der Waals surface area contributed by atoms with Crippen molar-refractivity contribution in [3.8, 4) is 5.75 Å². The largest absolute Gasteiger partial charge is 0.508 e. The molecule has 1 fully saturated rings. The standard InChI is InChI=1S/C17H18N2O/c20-17-9-5-15(6-10-17)18-13-14-3-7-16(8-4-14)19-11-1-2-12-19/h3-10,13,20H,1-2,11-12H2. The highest BCUT2D eigenvalue weighted by atomic mass is 16.3. The molecule has 1 heterocycles. The van der Waals surface area contributed by atoms with Crippen molar-refractivity contribution in [2.24, 2.45) is 4.99 Å². The molecule has 3 rings (SSSR count). The van der Waals surface area contributed by atoms with Gasteiger partial charge in [0.05, 0.1) is 5.69 Å². The molecule has 0 radical (unpaired) electrons. The quantitative estimate of drug-likeness (QED) is 0.859. The zero-order chi connectivity index (χ0) is 13.8. The number of anilines is 1. The minimum atomic E-state index is 0.263. The maximum Gasteiger partial charge on any atom is 0.115 e. The van der Waals surface area contributed by atoms with Crippen molar-refractivity contribution in [3.63, 3.8) is 0 Å². The second-order valence-electron chi connectivity index (χ2n) is 5.06. The number of hydrogen-bond acceptors (Lipinski definition) is 3. The molecule has 2 aromatic rings. The molecule has 0 amide bonds. The van der Waals surface area contributed by atoms with Crippen molar-refractivity contribution >= 4 is 17.6 Å². The van der Waals surface area contributed by atoms with E-state index in [-0.39, 0.29) is 5.75 Å². The first-order chi connectivity index (χ1) is 9.81. The van der Waals surface area contributed by atoms with E-state index in [1.54, 1.807) is 24.3 Å². The Hall–Kier alpha value is -2.29. The molecular formula is C17H18N2O. The predicted molar refractivity (Wildman–Crippen MR) is 83.2 cm³/mol. The highest BCUT2D eigenvalue weighted by Gasteiger charge is 2.11. The summed E-state index contributed by atoms with van der Waals surface area (Å²) in [7, 11) is 0. The maximum atomic E-state index is 9.22. The summed E-state index contributed by atoms with van der Waals surface area (Å²) >= 11 is 0. The van der Waals surface area contributed by atoms with Crippen LogP contribution in [0, 0.1) is 0 Å². The second kappa shape index (κ2) is 5.78. The van der Waals surface area contributed by atoms with Gasteiger partial charge in [-0.15, -0.1) is 0 Å². The first-order valence-electron chi connectivity index (χ1n) is 6.99. The molecule has 20 heavy (non-hydrogen) atoms. The van der Waals surface area contributed by atoms with Gasteiger partial charge in [-0.1, -0.05) is 12.1 Å². The van der Waals surface area contributed by atoms with Crippen LogP contribution in [0.4, 0.5) is 11.4 Å². The van der Waals surface area contributed by atoms with Gasteiger partial charge in [-0.3, -0.25) is 4.99 Å². The van der Waals surface area contributed by atoms with E-state index in [9.17, 15) is 5.11 Å². The Kier molecular flexibility index (Phi) is 3.68. The summed E-state index contributed by atoms with van der Waals surface area (Å²) < 4.78 is 0. The van der Waals surface area contributed by atoms with Gasteiger partial charge in [0.15, 0.2) is 0 Å². The lowest BCUT2D eigenvalue weighted by molar-refractivity contribution is 0.475. The average molecular weight is 266 g/mol. The Morgan fingerprint density at radius 1 is 0.900 bits per heavy atom. The van der Waals surface area contributed by atoms with Crippen molar-refractivity contribution in [2.45, 2.75) is 12.8 Å². The van der Waals surface area contributed by atoms with Crippen LogP contribution in [0.2, 0.25) is 0 Å². The summed E-state index contributed by atoms with van der Waals surface area (Å²) in [6, 6.07) is 15.4. The molecule has 0 spiro atoms. The average Bonchev–Trinajstić information content (AvgIpc) is 3.01. The smallest absolute Gasteiger partial charge is 0.115 e. The third-order valence-corrected chi connectivity index (χ3v) is 3.58. The van der Waals surface area contributed by atoms with E-state index in [1.807, 2.05) is 6.21 Å². The first kappa shape index (κ1) is 12.7. The third kappa shape index (κ3) is 2.99. The fourth-order valence-corrected chi connectivity index (χ4v) is 2.43. The molecule has 1 saturated heterocycles. The molecule has 102 valence electrons. The van der Waals surface area contributed by atoms with Gasteiger partial charge in [0.25, 0.3) is 0 Å². The lowest BCUT2D eigenvalue weighted by Gasteiger charge is -2.17. The Morgan fingerprint density at radius 3 is 2.20 bits per heavy atom. The number of aromatic hydroxyl groups is 1. The van der Waals surface area contributed by atoms with Crippen LogP contribution in [0.25, 0.3) is 0 Å². The minimum Gasteiger partial charge on any atom is -0.508 e.